The Hall–Kier alpha value is -3.13. The number of fused-ring (bicyclic) bond motifs is 2. The molecule has 2 aromatic heterocycles. The summed E-state index contributed by atoms with van der Waals surface area (Å²) in [6, 6.07) is 4.56. The summed E-state index contributed by atoms with van der Waals surface area (Å²) in [7, 11) is 3.85. The van der Waals surface area contributed by atoms with Gasteiger partial charge in [-0.1, -0.05) is 13.0 Å². The molecule has 1 saturated carbocycles. The highest BCUT2D eigenvalue weighted by Crippen LogP contribution is 2.36. The second kappa shape index (κ2) is 8.43. The molecule has 3 N–H and O–H groups in total. The molecule has 1 aromatic carbocycles. The molecule has 3 heterocycles. The van der Waals surface area contributed by atoms with Gasteiger partial charge >= 0.3 is 0 Å². The van der Waals surface area contributed by atoms with Gasteiger partial charge in [0.25, 0.3) is 0 Å². The standard InChI is InChI=1S/C24H31N7O/c1-15(25)16-5-4-6-20(9-16)31-23-19(13-27-31)12-26-24(29-23)28-21-10-18-14-30(2)8-7-17(18)11-22(21)32-3/h10-13,16,20H,1,4-9,14,25H2,2-3H3,(H,26,28,29). The number of nitrogens with one attached hydrogen (secondary N) is 1. The van der Waals surface area contributed by atoms with Gasteiger partial charge in [0.15, 0.2) is 5.65 Å². The molecule has 0 amide bonds. The van der Waals surface area contributed by atoms with Crippen LogP contribution in [0.5, 0.6) is 5.75 Å². The molecule has 1 aliphatic carbocycles. The second-order valence-corrected chi connectivity index (χ2v) is 9.09. The number of aromatic nitrogens is 4. The van der Waals surface area contributed by atoms with Gasteiger partial charge in [-0.3, -0.25) is 0 Å². The zero-order chi connectivity index (χ0) is 22.2. The Kier molecular flexibility index (Phi) is 5.46. The van der Waals surface area contributed by atoms with Gasteiger partial charge in [0.2, 0.25) is 5.95 Å². The Morgan fingerprint density at radius 1 is 1.25 bits per heavy atom. The maximum Gasteiger partial charge on any atom is 0.229 e. The van der Waals surface area contributed by atoms with Gasteiger partial charge in [0.1, 0.15) is 5.75 Å². The maximum atomic E-state index is 6.02. The molecule has 3 aromatic rings. The Morgan fingerprint density at radius 3 is 2.94 bits per heavy atom. The van der Waals surface area contributed by atoms with Crippen molar-refractivity contribution in [3.63, 3.8) is 0 Å². The number of rotatable bonds is 5. The van der Waals surface area contributed by atoms with Crippen molar-refractivity contribution in [3.05, 3.63) is 47.9 Å². The maximum absolute atomic E-state index is 6.02. The minimum atomic E-state index is 0.267. The van der Waals surface area contributed by atoms with Gasteiger partial charge in [-0.05, 0) is 61.9 Å². The first kappa shape index (κ1) is 20.8. The average Bonchev–Trinajstić information content (AvgIpc) is 3.22. The Balaban J connectivity index is 1.45. The number of nitrogens with zero attached hydrogens (tertiary/aromatic N) is 5. The van der Waals surface area contributed by atoms with Crippen LogP contribution in [0.4, 0.5) is 11.6 Å². The minimum absolute atomic E-state index is 0.267. The smallest absolute Gasteiger partial charge is 0.229 e. The second-order valence-electron chi connectivity index (χ2n) is 9.09. The number of benzene rings is 1. The molecule has 5 rings (SSSR count). The van der Waals surface area contributed by atoms with Crippen molar-refractivity contribution in [2.24, 2.45) is 11.7 Å². The molecule has 1 aliphatic heterocycles. The summed E-state index contributed by atoms with van der Waals surface area (Å²) in [5.41, 5.74) is 11.2. The van der Waals surface area contributed by atoms with Gasteiger partial charge in [-0.2, -0.15) is 10.1 Å². The van der Waals surface area contributed by atoms with Gasteiger partial charge < -0.3 is 20.7 Å². The predicted molar refractivity (Wildman–Crippen MR) is 126 cm³/mol. The van der Waals surface area contributed by atoms with E-state index in [0.717, 1.165) is 73.4 Å². The van der Waals surface area contributed by atoms with Crippen molar-refractivity contribution in [2.75, 3.05) is 26.0 Å². The predicted octanol–water partition coefficient (Wildman–Crippen LogP) is 3.77. The largest absolute Gasteiger partial charge is 0.495 e. The van der Waals surface area contributed by atoms with Crippen LogP contribution in [-0.2, 0) is 13.0 Å². The number of ether oxygens (including phenoxy) is 1. The molecule has 8 heteroatoms. The Labute approximate surface area is 188 Å². The molecule has 1 fully saturated rings. The molecule has 0 saturated heterocycles. The van der Waals surface area contributed by atoms with Crippen molar-refractivity contribution < 1.29 is 4.74 Å². The summed E-state index contributed by atoms with van der Waals surface area (Å²) < 4.78 is 7.70. The summed E-state index contributed by atoms with van der Waals surface area (Å²) in [4.78, 5) is 11.7. The molecular weight excluding hydrogens is 402 g/mol. The van der Waals surface area contributed by atoms with Crippen molar-refractivity contribution in [3.8, 4) is 5.75 Å². The summed E-state index contributed by atoms with van der Waals surface area (Å²) >= 11 is 0. The van der Waals surface area contributed by atoms with Gasteiger partial charge in [-0.25, -0.2) is 9.67 Å². The van der Waals surface area contributed by atoms with E-state index in [0.29, 0.717) is 11.9 Å². The summed E-state index contributed by atoms with van der Waals surface area (Å²) in [6.45, 7) is 5.96. The molecule has 2 atom stereocenters. The van der Waals surface area contributed by atoms with Crippen molar-refractivity contribution in [2.45, 2.75) is 44.7 Å². The highest BCUT2D eigenvalue weighted by Gasteiger charge is 2.26. The molecule has 0 spiro atoms. The summed E-state index contributed by atoms with van der Waals surface area (Å²) in [6.07, 6.45) is 8.93. The van der Waals surface area contributed by atoms with Crippen molar-refractivity contribution in [1.82, 2.24) is 24.6 Å². The van der Waals surface area contributed by atoms with Gasteiger partial charge in [0.05, 0.1) is 30.4 Å². The average molecular weight is 434 g/mol. The zero-order valence-corrected chi connectivity index (χ0v) is 18.8. The van der Waals surface area contributed by atoms with Crippen LogP contribution in [0.15, 0.2) is 36.8 Å². The number of methoxy groups -OCH3 is 1. The zero-order valence-electron chi connectivity index (χ0n) is 18.8. The number of hydrogen-bond donors (Lipinski definition) is 2. The third-order valence-electron chi connectivity index (χ3n) is 6.82. The van der Waals surface area contributed by atoms with Crippen LogP contribution >= 0.6 is 0 Å². The van der Waals surface area contributed by atoms with Crippen LogP contribution < -0.4 is 15.8 Å². The molecule has 168 valence electrons. The highest BCUT2D eigenvalue weighted by molar-refractivity contribution is 5.76. The molecular formula is C24H31N7O. The summed E-state index contributed by atoms with van der Waals surface area (Å²) in [5.74, 6) is 1.68. The van der Waals surface area contributed by atoms with E-state index < -0.39 is 0 Å². The van der Waals surface area contributed by atoms with Crippen LogP contribution in [-0.4, -0.2) is 45.4 Å². The van der Waals surface area contributed by atoms with E-state index in [4.69, 9.17) is 15.5 Å². The Morgan fingerprint density at radius 2 is 2.12 bits per heavy atom. The lowest BCUT2D eigenvalue weighted by Crippen LogP contribution is -2.26. The number of nitrogens with two attached hydrogens (primary N) is 1. The van der Waals surface area contributed by atoms with E-state index in [1.54, 1.807) is 7.11 Å². The Bertz CT molecular complexity index is 1150. The number of likely N-dealkylation sites (N-methyl/N-ethyl adjacent to an activating group) is 1. The van der Waals surface area contributed by atoms with Crippen LogP contribution in [0.3, 0.4) is 0 Å². The molecule has 8 nitrogen and oxygen atoms in total. The third kappa shape index (κ3) is 3.90. The minimum Gasteiger partial charge on any atom is -0.495 e. The van der Waals surface area contributed by atoms with E-state index in [1.165, 1.54) is 11.1 Å². The molecule has 2 aliphatic rings. The first-order chi connectivity index (χ1) is 15.5. The quantitative estimate of drug-likeness (QED) is 0.632. The van der Waals surface area contributed by atoms with Crippen LogP contribution in [0.25, 0.3) is 11.0 Å². The van der Waals surface area contributed by atoms with E-state index in [-0.39, 0.29) is 6.04 Å². The highest BCUT2D eigenvalue weighted by atomic mass is 16.5. The van der Waals surface area contributed by atoms with Crippen LogP contribution in [0.1, 0.15) is 42.9 Å². The molecule has 2 unspecified atom stereocenters. The molecule has 0 radical (unpaired) electrons. The van der Waals surface area contributed by atoms with Crippen LogP contribution in [0.2, 0.25) is 0 Å². The fraction of sp³-hybridized carbons (Fsp3) is 0.458. The third-order valence-corrected chi connectivity index (χ3v) is 6.82. The number of hydrogen-bond acceptors (Lipinski definition) is 7. The molecule has 32 heavy (non-hydrogen) atoms. The first-order valence-corrected chi connectivity index (χ1v) is 11.3. The topological polar surface area (TPSA) is 94.1 Å². The number of anilines is 2. The fourth-order valence-electron chi connectivity index (χ4n) is 5.00. The van der Waals surface area contributed by atoms with Crippen molar-refractivity contribution in [1.29, 1.82) is 0 Å². The monoisotopic (exact) mass is 433 g/mol. The van der Waals surface area contributed by atoms with Gasteiger partial charge in [0, 0.05) is 25.0 Å². The van der Waals surface area contributed by atoms with E-state index in [9.17, 15) is 0 Å². The summed E-state index contributed by atoms with van der Waals surface area (Å²) in [5, 5.41) is 8.97. The lowest BCUT2D eigenvalue weighted by atomic mass is 9.84. The van der Waals surface area contributed by atoms with E-state index in [1.807, 2.05) is 17.1 Å². The fourth-order valence-corrected chi connectivity index (χ4v) is 5.00. The van der Waals surface area contributed by atoms with Gasteiger partial charge in [-0.15, -0.1) is 0 Å². The van der Waals surface area contributed by atoms with E-state index in [2.05, 4.69) is 46.1 Å². The number of allylic oxidation sites excluding steroid dienone is 1. The van der Waals surface area contributed by atoms with Crippen LogP contribution in [0, 0.1) is 5.92 Å². The SMILES string of the molecule is C=C(N)C1CCCC(n2ncc3cnc(Nc4cc5c(cc4OC)CCN(C)C5)nc32)C1. The normalized spacial score (nSPS) is 21.3. The lowest BCUT2D eigenvalue weighted by molar-refractivity contribution is 0.281. The lowest BCUT2D eigenvalue weighted by Gasteiger charge is -2.29. The van der Waals surface area contributed by atoms with Crippen molar-refractivity contribution >= 4 is 22.7 Å². The first-order valence-electron chi connectivity index (χ1n) is 11.3. The van der Waals surface area contributed by atoms with E-state index >= 15 is 0 Å². The molecule has 0 bridgehead atoms.